The van der Waals surface area contributed by atoms with Crippen molar-refractivity contribution in [3.8, 4) is 0 Å². The summed E-state index contributed by atoms with van der Waals surface area (Å²) in [7, 11) is -3.14. The van der Waals surface area contributed by atoms with Gasteiger partial charge >= 0.3 is 0 Å². The van der Waals surface area contributed by atoms with E-state index in [9.17, 15) is 8.42 Å². The fraction of sp³-hybridized carbons (Fsp3) is 0.526. The van der Waals surface area contributed by atoms with Crippen molar-refractivity contribution in [2.45, 2.75) is 36.3 Å². The number of rotatable bonds is 5. The minimum absolute atomic E-state index is 0.0455. The smallest absolute Gasteiger partial charge is 0.223 e. The Morgan fingerprint density at radius 2 is 2.07 bits per heavy atom. The van der Waals surface area contributed by atoms with E-state index >= 15 is 0 Å². The summed E-state index contributed by atoms with van der Waals surface area (Å²) in [5, 5.41) is 2.89. The predicted molar refractivity (Wildman–Crippen MR) is 102 cm³/mol. The zero-order valence-electron chi connectivity index (χ0n) is 15.1. The molecule has 5 rings (SSSR count). The molecule has 0 aromatic carbocycles. The number of hydrogen-bond donors (Lipinski definition) is 1. The molecule has 1 aliphatic carbocycles. The van der Waals surface area contributed by atoms with Crippen molar-refractivity contribution in [2.24, 2.45) is 5.92 Å². The van der Waals surface area contributed by atoms with Crippen molar-refractivity contribution >= 4 is 15.8 Å². The summed E-state index contributed by atoms with van der Waals surface area (Å²) in [6, 6.07) is 5.77. The Morgan fingerprint density at radius 3 is 2.85 bits per heavy atom. The van der Waals surface area contributed by atoms with Crippen molar-refractivity contribution in [1.29, 1.82) is 0 Å². The van der Waals surface area contributed by atoms with Gasteiger partial charge < -0.3 is 10.2 Å². The lowest BCUT2D eigenvalue weighted by Gasteiger charge is -2.26. The summed E-state index contributed by atoms with van der Waals surface area (Å²) < 4.78 is 25.5. The molecule has 27 heavy (non-hydrogen) atoms. The van der Waals surface area contributed by atoms with Crippen molar-refractivity contribution in [3.63, 3.8) is 0 Å². The minimum Gasteiger partial charge on any atom is -0.349 e. The van der Waals surface area contributed by atoms with Crippen LogP contribution in [0.4, 0.5) is 5.95 Å². The third-order valence-corrected chi connectivity index (χ3v) is 7.89. The van der Waals surface area contributed by atoms with Crippen LogP contribution in [0, 0.1) is 5.92 Å². The average molecular weight is 385 g/mol. The van der Waals surface area contributed by atoms with Gasteiger partial charge in [0.15, 0.2) is 9.84 Å². The number of nitrogens with zero attached hydrogens (tertiary/aromatic N) is 4. The monoisotopic (exact) mass is 385 g/mol. The van der Waals surface area contributed by atoms with E-state index in [-0.39, 0.29) is 16.9 Å². The molecule has 2 atom stereocenters. The highest BCUT2D eigenvalue weighted by Crippen LogP contribution is 2.41. The van der Waals surface area contributed by atoms with Gasteiger partial charge in [0.2, 0.25) is 5.95 Å². The molecule has 3 aliphatic rings. The van der Waals surface area contributed by atoms with E-state index in [2.05, 4.69) is 20.2 Å². The van der Waals surface area contributed by atoms with Gasteiger partial charge in [-0.15, -0.1) is 0 Å². The van der Waals surface area contributed by atoms with Crippen LogP contribution in [-0.4, -0.2) is 53.2 Å². The fourth-order valence-corrected chi connectivity index (χ4v) is 6.25. The lowest BCUT2D eigenvalue weighted by molar-refractivity contribution is 0.320. The molecule has 2 fully saturated rings. The van der Waals surface area contributed by atoms with E-state index in [1.807, 2.05) is 18.2 Å². The molecular weight excluding hydrogens is 362 g/mol. The van der Waals surface area contributed by atoms with Crippen molar-refractivity contribution in [2.75, 3.05) is 25.0 Å². The molecule has 0 radical (unpaired) electrons. The van der Waals surface area contributed by atoms with Gasteiger partial charge in [-0.05, 0) is 30.9 Å². The van der Waals surface area contributed by atoms with E-state index in [0.29, 0.717) is 19.0 Å². The summed E-state index contributed by atoms with van der Waals surface area (Å²) in [5.41, 5.74) is 2.58. The first-order chi connectivity index (χ1) is 13.1. The van der Waals surface area contributed by atoms with E-state index in [1.54, 1.807) is 12.4 Å². The largest absolute Gasteiger partial charge is 0.349 e. The molecule has 1 saturated carbocycles. The van der Waals surface area contributed by atoms with Crippen LogP contribution in [0.25, 0.3) is 0 Å². The summed E-state index contributed by atoms with van der Waals surface area (Å²) in [5.74, 6) is 1.31. The second-order valence-electron chi connectivity index (χ2n) is 7.89. The zero-order chi connectivity index (χ0) is 18.4. The van der Waals surface area contributed by atoms with Crippen LogP contribution < -0.4 is 5.32 Å². The number of hydrogen-bond acceptors (Lipinski definition) is 7. The lowest BCUT2D eigenvalue weighted by Crippen LogP contribution is -2.35. The van der Waals surface area contributed by atoms with Crippen molar-refractivity contribution in [1.82, 2.24) is 19.9 Å². The van der Waals surface area contributed by atoms with E-state index in [1.165, 1.54) is 12.8 Å². The van der Waals surface area contributed by atoms with E-state index in [0.717, 1.165) is 36.0 Å². The van der Waals surface area contributed by atoms with Gasteiger partial charge in [0.1, 0.15) is 0 Å². The standard InChI is InChI=1S/C19H23N5O2S/c25-27(26)12-14-7-21-19(22-8-15-3-1-2-6-20-15)23-18(14)16-10-24(11-17(16)27)9-13-4-5-13/h1-3,6-7,13,16-17H,4-5,8-12H2,(H,21,22,23)/t16-,17+/m1/s1. The number of pyridine rings is 1. The zero-order valence-corrected chi connectivity index (χ0v) is 15.9. The maximum absolute atomic E-state index is 12.8. The van der Waals surface area contributed by atoms with Crippen LogP contribution in [-0.2, 0) is 22.1 Å². The van der Waals surface area contributed by atoms with Crippen LogP contribution in [0.5, 0.6) is 0 Å². The Bertz CT molecular complexity index is 946. The molecule has 2 aromatic heterocycles. The number of nitrogens with one attached hydrogen (secondary N) is 1. The Hall–Kier alpha value is -2.06. The molecule has 2 aromatic rings. The molecule has 7 nitrogen and oxygen atoms in total. The second kappa shape index (κ2) is 6.53. The maximum Gasteiger partial charge on any atom is 0.223 e. The highest BCUT2D eigenvalue weighted by Gasteiger charge is 2.48. The quantitative estimate of drug-likeness (QED) is 0.836. The van der Waals surface area contributed by atoms with Gasteiger partial charge in [0.05, 0.1) is 28.9 Å². The first-order valence-electron chi connectivity index (χ1n) is 9.52. The topological polar surface area (TPSA) is 88.1 Å². The SMILES string of the molecule is O=S1(=O)Cc2cnc(NCc3ccccn3)nc2[C@@H]2CN(CC3CC3)C[C@@H]21. The van der Waals surface area contributed by atoms with Crippen LogP contribution >= 0.6 is 0 Å². The summed E-state index contributed by atoms with van der Waals surface area (Å²) >= 11 is 0. The van der Waals surface area contributed by atoms with Gasteiger partial charge in [0, 0.05) is 43.5 Å². The third-order valence-electron chi connectivity index (χ3n) is 5.78. The first-order valence-corrected chi connectivity index (χ1v) is 11.2. The van der Waals surface area contributed by atoms with Crippen LogP contribution in [0.15, 0.2) is 30.6 Å². The number of fused-ring (bicyclic) bond motifs is 3. The number of likely N-dealkylation sites (tertiary alicyclic amines) is 1. The van der Waals surface area contributed by atoms with Gasteiger partial charge in [0.25, 0.3) is 0 Å². The molecule has 2 aliphatic heterocycles. The molecule has 1 saturated heterocycles. The average Bonchev–Trinajstić information content (AvgIpc) is 3.36. The van der Waals surface area contributed by atoms with Gasteiger partial charge in [-0.1, -0.05) is 6.07 Å². The maximum atomic E-state index is 12.8. The molecule has 4 heterocycles. The van der Waals surface area contributed by atoms with Crippen molar-refractivity contribution < 1.29 is 8.42 Å². The lowest BCUT2D eigenvalue weighted by atomic mass is 10.00. The Kier molecular flexibility index (Phi) is 4.12. The highest BCUT2D eigenvalue weighted by molar-refractivity contribution is 7.91. The molecule has 0 spiro atoms. The molecule has 8 heteroatoms. The molecule has 0 unspecified atom stereocenters. The Labute approximate surface area is 159 Å². The molecule has 1 N–H and O–H groups in total. The molecule has 142 valence electrons. The van der Waals surface area contributed by atoms with Crippen LogP contribution in [0.3, 0.4) is 0 Å². The second-order valence-corrected chi connectivity index (χ2v) is 10.1. The summed E-state index contributed by atoms with van der Waals surface area (Å²) in [6.07, 6.45) is 5.99. The third kappa shape index (κ3) is 3.43. The number of anilines is 1. The fourth-order valence-electron chi connectivity index (χ4n) is 4.23. The summed E-state index contributed by atoms with van der Waals surface area (Å²) in [4.78, 5) is 15.7. The van der Waals surface area contributed by atoms with E-state index < -0.39 is 9.84 Å². The normalized spacial score (nSPS) is 26.4. The molecular formula is C19H23N5O2S. The number of aromatic nitrogens is 3. The van der Waals surface area contributed by atoms with Crippen LogP contribution in [0.1, 0.15) is 35.7 Å². The predicted octanol–water partition coefficient (Wildman–Crippen LogP) is 1.59. The number of sulfone groups is 1. The first kappa shape index (κ1) is 17.1. The van der Waals surface area contributed by atoms with Crippen molar-refractivity contribution in [3.05, 3.63) is 47.5 Å². The molecule has 0 amide bonds. The van der Waals surface area contributed by atoms with Gasteiger partial charge in [-0.25, -0.2) is 18.4 Å². The van der Waals surface area contributed by atoms with E-state index in [4.69, 9.17) is 4.98 Å². The van der Waals surface area contributed by atoms with Gasteiger partial charge in [-0.2, -0.15) is 0 Å². The van der Waals surface area contributed by atoms with Gasteiger partial charge in [-0.3, -0.25) is 4.98 Å². The highest BCUT2D eigenvalue weighted by atomic mass is 32.2. The minimum atomic E-state index is -3.14. The summed E-state index contributed by atoms with van der Waals surface area (Å²) in [6.45, 7) is 2.99. The Morgan fingerprint density at radius 1 is 1.19 bits per heavy atom. The van der Waals surface area contributed by atoms with Crippen LogP contribution in [0.2, 0.25) is 0 Å². The Balaban J connectivity index is 1.39. The molecule has 0 bridgehead atoms.